The largest absolute Gasteiger partial charge is 0.357 e. The van der Waals surface area contributed by atoms with Crippen molar-refractivity contribution in [3.8, 4) is 0 Å². The monoisotopic (exact) mass is 528 g/mol. The van der Waals surface area contributed by atoms with Gasteiger partial charge < -0.3 is 10.6 Å². The van der Waals surface area contributed by atoms with Gasteiger partial charge in [0.25, 0.3) is 0 Å². The van der Waals surface area contributed by atoms with Gasteiger partial charge in [0.1, 0.15) is 5.01 Å². The zero-order valence-corrected chi connectivity index (χ0v) is 18.8. The Morgan fingerprint density at radius 2 is 2.04 bits per heavy atom. The lowest BCUT2D eigenvalue weighted by Gasteiger charge is -2.10. The molecule has 0 saturated carbocycles. The van der Waals surface area contributed by atoms with Crippen molar-refractivity contribution < 1.29 is 0 Å². The van der Waals surface area contributed by atoms with Crippen LogP contribution in [-0.4, -0.2) is 24.0 Å². The highest BCUT2D eigenvalue weighted by Crippen LogP contribution is 2.22. The molecule has 23 heavy (non-hydrogen) atoms. The normalized spacial score (nSPS) is 11.2. The lowest BCUT2D eigenvalue weighted by molar-refractivity contribution is 0.804. The number of guanidine groups is 1. The van der Waals surface area contributed by atoms with Crippen molar-refractivity contribution in [3.63, 3.8) is 0 Å². The van der Waals surface area contributed by atoms with Gasteiger partial charge in [-0.25, -0.2) is 9.98 Å². The lowest BCUT2D eigenvalue weighted by atomic mass is 10.3. The maximum absolute atomic E-state index is 4.60. The minimum absolute atomic E-state index is 0. The smallest absolute Gasteiger partial charge is 0.191 e. The highest BCUT2D eigenvalue weighted by atomic mass is 127. The van der Waals surface area contributed by atoms with E-state index in [2.05, 4.69) is 62.5 Å². The minimum atomic E-state index is 0. The molecule has 0 radical (unpaired) electrons. The van der Waals surface area contributed by atoms with Crippen LogP contribution in [0.25, 0.3) is 0 Å². The van der Waals surface area contributed by atoms with Crippen LogP contribution in [0.2, 0.25) is 0 Å². The van der Waals surface area contributed by atoms with E-state index < -0.39 is 0 Å². The average Bonchev–Trinajstić information content (AvgIpc) is 3.13. The molecular formula is C15H22BrIN4S2. The molecule has 0 aliphatic rings. The number of aliphatic imine (C=N–C) groups is 1. The van der Waals surface area contributed by atoms with Crippen LogP contribution in [0.15, 0.2) is 27.1 Å². The number of hydrogen-bond acceptors (Lipinski definition) is 4. The van der Waals surface area contributed by atoms with Gasteiger partial charge in [-0.2, -0.15) is 0 Å². The molecule has 2 aromatic heterocycles. The molecule has 2 rings (SSSR count). The number of rotatable bonds is 7. The van der Waals surface area contributed by atoms with E-state index in [1.165, 1.54) is 13.5 Å². The fourth-order valence-electron chi connectivity index (χ4n) is 1.86. The number of aryl methyl sites for hydroxylation is 1. The summed E-state index contributed by atoms with van der Waals surface area (Å²) in [5.41, 5.74) is 0. The van der Waals surface area contributed by atoms with Crippen molar-refractivity contribution in [1.29, 1.82) is 0 Å². The van der Waals surface area contributed by atoms with Crippen molar-refractivity contribution in [3.05, 3.63) is 36.9 Å². The number of nitrogens with one attached hydrogen (secondary N) is 2. The van der Waals surface area contributed by atoms with Crippen molar-refractivity contribution in [2.75, 3.05) is 13.1 Å². The van der Waals surface area contributed by atoms with Crippen molar-refractivity contribution >= 4 is 68.5 Å². The lowest BCUT2D eigenvalue weighted by Crippen LogP contribution is -2.38. The van der Waals surface area contributed by atoms with E-state index in [9.17, 15) is 0 Å². The molecule has 4 nitrogen and oxygen atoms in total. The predicted octanol–water partition coefficient (Wildman–Crippen LogP) is 4.45. The van der Waals surface area contributed by atoms with Crippen LogP contribution >= 0.6 is 62.6 Å². The summed E-state index contributed by atoms with van der Waals surface area (Å²) in [7, 11) is 0. The molecule has 0 aromatic carbocycles. The molecule has 0 amide bonds. The zero-order chi connectivity index (χ0) is 15.8. The third kappa shape index (κ3) is 7.49. The molecule has 0 unspecified atom stereocenters. The van der Waals surface area contributed by atoms with Crippen LogP contribution in [0.5, 0.6) is 0 Å². The van der Waals surface area contributed by atoms with E-state index in [0.717, 1.165) is 36.9 Å². The topological polar surface area (TPSA) is 49.3 Å². The molecule has 2 N–H and O–H groups in total. The Balaban J connectivity index is 0.00000264. The van der Waals surface area contributed by atoms with Crippen LogP contribution < -0.4 is 10.6 Å². The van der Waals surface area contributed by atoms with Crippen molar-refractivity contribution in [2.24, 2.45) is 4.99 Å². The minimum Gasteiger partial charge on any atom is -0.357 e. The Labute approximate surface area is 171 Å². The Bertz CT molecular complexity index is 612. The van der Waals surface area contributed by atoms with Crippen LogP contribution in [0, 0.1) is 0 Å². The number of halogens is 2. The Morgan fingerprint density at radius 1 is 1.22 bits per heavy atom. The first-order chi connectivity index (χ1) is 10.7. The maximum Gasteiger partial charge on any atom is 0.191 e. The van der Waals surface area contributed by atoms with Crippen LogP contribution in [0.4, 0.5) is 0 Å². The second kappa shape index (κ2) is 11.4. The molecule has 2 heterocycles. The molecular weight excluding hydrogens is 507 g/mol. The first-order valence-electron chi connectivity index (χ1n) is 7.41. The van der Waals surface area contributed by atoms with Gasteiger partial charge in [0.15, 0.2) is 5.96 Å². The first-order valence-corrected chi connectivity index (χ1v) is 9.83. The molecule has 0 atom stereocenters. The number of thiazole rings is 1. The summed E-state index contributed by atoms with van der Waals surface area (Å²) in [6.45, 7) is 6.58. The third-order valence-corrected chi connectivity index (χ3v) is 5.77. The van der Waals surface area contributed by atoms with E-state index in [1.54, 1.807) is 22.7 Å². The second-order valence-electron chi connectivity index (χ2n) is 4.65. The zero-order valence-electron chi connectivity index (χ0n) is 13.3. The second-order valence-corrected chi connectivity index (χ2v) is 8.40. The SMILES string of the molecule is CCNC(=NCc1ncc(CC)s1)NCCc1ccc(Br)s1.I. The van der Waals surface area contributed by atoms with Gasteiger partial charge in [0, 0.05) is 29.0 Å². The van der Waals surface area contributed by atoms with Gasteiger partial charge in [-0.15, -0.1) is 46.7 Å². The summed E-state index contributed by atoms with van der Waals surface area (Å²) < 4.78 is 1.18. The van der Waals surface area contributed by atoms with Crippen LogP contribution in [-0.2, 0) is 19.4 Å². The first kappa shape index (κ1) is 20.9. The molecule has 0 spiro atoms. The Hall–Kier alpha value is -0.190. The van der Waals surface area contributed by atoms with E-state index in [-0.39, 0.29) is 24.0 Å². The molecule has 128 valence electrons. The number of hydrogen-bond donors (Lipinski definition) is 2. The molecule has 0 aliphatic heterocycles. The van der Waals surface area contributed by atoms with E-state index >= 15 is 0 Å². The van der Waals surface area contributed by atoms with Gasteiger partial charge in [0.05, 0.1) is 10.3 Å². The van der Waals surface area contributed by atoms with Crippen LogP contribution in [0.1, 0.15) is 28.6 Å². The molecule has 0 saturated heterocycles. The fraction of sp³-hybridized carbons (Fsp3) is 0.467. The molecule has 0 bridgehead atoms. The van der Waals surface area contributed by atoms with Gasteiger partial charge in [0.2, 0.25) is 0 Å². The number of thiophene rings is 1. The summed E-state index contributed by atoms with van der Waals surface area (Å²) in [6, 6.07) is 4.25. The Morgan fingerprint density at radius 3 is 2.65 bits per heavy atom. The summed E-state index contributed by atoms with van der Waals surface area (Å²) in [5, 5.41) is 7.72. The fourth-order valence-corrected chi connectivity index (χ4v) is 4.13. The van der Waals surface area contributed by atoms with Crippen molar-refractivity contribution in [2.45, 2.75) is 33.2 Å². The highest BCUT2D eigenvalue weighted by molar-refractivity contribution is 14.0. The van der Waals surface area contributed by atoms with E-state index in [4.69, 9.17) is 0 Å². The van der Waals surface area contributed by atoms with E-state index in [1.807, 2.05) is 6.20 Å². The molecule has 2 aromatic rings. The quantitative estimate of drug-likeness (QED) is 0.317. The Kier molecular flexibility index (Phi) is 10.3. The number of aromatic nitrogens is 1. The van der Waals surface area contributed by atoms with Gasteiger partial charge in [-0.1, -0.05) is 6.92 Å². The third-order valence-electron chi connectivity index (χ3n) is 2.96. The van der Waals surface area contributed by atoms with Gasteiger partial charge in [-0.3, -0.25) is 0 Å². The molecule has 8 heteroatoms. The number of nitrogens with zero attached hydrogens (tertiary/aromatic N) is 2. The summed E-state index contributed by atoms with van der Waals surface area (Å²) in [6.07, 6.45) is 3.98. The summed E-state index contributed by atoms with van der Waals surface area (Å²) >= 11 is 7.01. The maximum atomic E-state index is 4.60. The van der Waals surface area contributed by atoms with Gasteiger partial charge >= 0.3 is 0 Å². The standard InChI is InChI=1S/C15H21BrN4S2.HI/c1-3-11-9-19-14(22-11)10-20-15(17-4-2)18-8-7-12-5-6-13(16)21-12;/h5-6,9H,3-4,7-8,10H2,1-2H3,(H2,17,18,20);1H. The average molecular weight is 529 g/mol. The van der Waals surface area contributed by atoms with Gasteiger partial charge in [-0.05, 0) is 47.8 Å². The molecule has 0 fully saturated rings. The van der Waals surface area contributed by atoms with Crippen LogP contribution in [0.3, 0.4) is 0 Å². The highest BCUT2D eigenvalue weighted by Gasteiger charge is 2.02. The van der Waals surface area contributed by atoms with Crippen molar-refractivity contribution in [1.82, 2.24) is 15.6 Å². The van der Waals surface area contributed by atoms with E-state index in [0.29, 0.717) is 6.54 Å². The molecule has 0 aliphatic carbocycles. The predicted molar refractivity (Wildman–Crippen MR) is 115 cm³/mol. The summed E-state index contributed by atoms with van der Waals surface area (Å²) in [4.78, 5) is 11.7. The summed E-state index contributed by atoms with van der Waals surface area (Å²) in [5.74, 6) is 0.853.